The zero-order chi connectivity index (χ0) is 15.8. The van der Waals surface area contributed by atoms with Crippen LogP contribution in [0.25, 0.3) is 0 Å². The number of likely N-dealkylation sites (tertiary alicyclic amines) is 1. The number of para-hydroxylation sites is 1. The first-order chi connectivity index (χ1) is 10.7. The van der Waals surface area contributed by atoms with Crippen molar-refractivity contribution in [2.75, 3.05) is 32.8 Å². The molecule has 1 saturated heterocycles. The number of hydrogen-bond acceptors (Lipinski definition) is 5. The summed E-state index contributed by atoms with van der Waals surface area (Å²) in [5.41, 5.74) is 0. The number of rotatable bonds is 7. The molecule has 22 heavy (non-hydrogen) atoms. The predicted octanol–water partition coefficient (Wildman–Crippen LogP) is 1.70. The Morgan fingerprint density at radius 2 is 2.18 bits per heavy atom. The molecule has 1 aliphatic heterocycles. The van der Waals surface area contributed by atoms with E-state index in [0.717, 1.165) is 25.1 Å². The summed E-state index contributed by atoms with van der Waals surface area (Å²) in [6.45, 7) is 4.57. The molecule has 0 aromatic heterocycles. The highest BCUT2D eigenvalue weighted by Crippen LogP contribution is 2.18. The average molecular weight is 307 g/mol. The molecule has 0 radical (unpaired) electrons. The minimum atomic E-state index is -0.568. The molecule has 1 N–H and O–H groups in total. The number of nitrogens with zero attached hydrogens (tertiary/aromatic N) is 1. The summed E-state index contributed by atoms with van der Waals surface area (Å²) in [7, 11) is 0. The van der Waals surface area contributed by atoms with E-state index in [1.807, 2.05) is 37.3 Å². The van der Waals surface area contributed by atoms with Crippen LogP contribution in [-0.4, -0.2) is 54.9 Å². The van der Waals surface area contributed by atoms with Crippen molar-refractivity contribution in [2.24, 2.45) is 5.92 Å². The lowest BCUT2D eigenvalue weighted by atomic mass is 9.98. The number of carbonyl (C=O) groups is 1. The molecule has 0 bridgehead atoms. The molecule has 5 heteroatoms. The van der Waals surface area contributed by atoms with Crippen LogP contribution in [0.2, 0.25) is 0 Å². The maximum Gasteiger partial charge on any atom is 0.310 e. The summed E-state index contributed by atoms with van der Waals surface area (Å²) < 4.78 is 10.6. The SMILES string of the molecule is CCOC(=O)[C@H]1CCCN(C[C@H](O)COc2ccccc2)C1. The Morgan fingerprint density at radius 1 is 1.41 bits per heavy atom. The van der Waals surface area contributed by atoms with Crippen molar-refractivity contribution in [1.82, 2.24) is 4.90 Å². The third kappa shape index (κ3) is 5.31. The van der Waals surface area contributed by atoms with Gasteiger partial charge in [-0.3, -0.25) is 9.69 Å². The fourth-order valence-corrected chi connectivity index (χ4v) is 2.73. The monoisotopic (exact) mass is 307 g/mol. The molecule has 1 aromatic rings. The normalized spacial score (nSPS) is 20.4. The van der Waals surface area contributed by atoms with Gasteiger partial charge in [-0.2, -0.15) is 0 Å². The van der Waals surface area contributed by atoms with E-state index in [-0.39, 0.29) is 18.5 Å². The molecule has 1 heterocycles. The van der Waals surface area contributed by atoms with Crippen molar-refractivity contribution >= 4 is 5.97 Å². The Kier molecular flexibility index (Phi) is 6.68. The van der Waals surface area contributed by atoms with Crippen LogP contribution in [-0.2, 0) is 9.53 Å². The first-order valence-corrected chi connectivity index (χ1v) is 7.94. The number of aliphatic hydroxyl groups excluding tert-OH is 1. The second-order valence-electron chi connectivity index (χ2n) is 5.63. The van der Waals surface area contributed by atoms with Crippen LogP contribution in [0.4, 0.5) is 0 Å². The minimum Gasteiger partial charge on any atom is -0.491 e. The zero-order valence-corrected chi connectivity index (χ0v) is 13.1. The largest absolute Gasteiger partial charge is 0.491 e. The Labute approximate surface area is 131 Å². The third-order valence-electron chi connectivity index (χ3n) is 3.78. The van der Waals surface area contributed by atoms with E-state index in [1.54, 1.807) is 0 Å². The van der Waals surface area contributed by atoms with Gasteiger partial charge >= 0.3 is 5.97 Å². The van der Waals surface area contributed by atoms with E-state index in [9.17, 15) is 9.90 Å². The molecule has 0 aliphatic carbocycles. The van der Waals surface area contributed by atoms with Crippen molar-refractivity contribution in [2.45, 2.75) is 25.9 Å². The Balaban J connectivity index is 1.73. The zero-order valence-electron chi connectivity index (χ0n) is 13.1. The van der Waals surface area contributed by atoms with Gasteiger partial charge < -0.3 is 14.6 Å². The first-order valence-electron chi connectivity index (χ1n) is 7.94. The van der Waals surface area contributed by atoms with Crippen molar-refractivity contribution in [3.8, 4) is 5.75 Å². The Morgan fingerprint density at radius 3 is 2.91 bits per heavy atom. The summed E-state index contributed by atoms with van der Waals surface area (Å²) in [6, 6.07) is 9.45. The number of β-amino-alcohol motifs (C(OH)–C–C–N with tert-alkyl or cyclic N) is 1. The van der Waals surface area contributed by atoms with Crippen LogP contribution < -0.4 is 4.74 Å². The number of carbonyl (C=O) groups excluding carboxylic acids is 1. The van der Waals surface area contributed by atoms with E-state index in [4.69, 9.17) is 9.47 Å². The van der Waals surface area contributed by atoms with Gasteiger partial charge in [-0.05, 0) is 38.4 Å². The summed E-state index contributed by atoms with van der Waals surface area (Å²) in [5.74, 6) is 0.558. The maximum absolute atomic E-state index is 11.8. The van der Waals surface area contributed by atoms with E-state index in [2.05, 4.69) is 4.90 Å². The van der Waals surface area contributed by atoms with Gasteiger partial charge in [0.1, 0.15) is 18.5 Å². The quantitative estimate of drug-likeness (QED) is 0.777. The van der Waals surface area contributed by atoms with Gasteiger partial charge in [-0.15, -0.1) is 0 Å². The molecular formula is C17H25NO4. The van der Waals surface area contributed by atoms with E-state index >= 15 is 0 Å². The molecule has 122 valence electrons. The summed E-state index contributed by atoms with van der Waals surface area (Å²) in [5, 5.41) is 10.1. The van der Waals surface area contributed by atoms with Crippen molar-refractivity contribution in [3.63, 3.8) is 0 Å². The van der Waals surface area contributed by atoms with E-state index < -0.39 is 6.10 Å². The van der Waals surface area contributed by atoms with Gasteiger partial charge in [-0.25, -0.2) is 0 Å². The molecule has 2 rings (SSSR count). The van der Waals surface area contributed by atoms with Gasteiger partial charge in [0, 0.05) is 13.1 Å². The summed E-state index contributed by atoms with van der Waals surface area (Å²) in [4.78, 5) is 13.9. The number of piperidine rings is 1. The van der Waals surface area contributed by atoms with E-state index in [0.29, 0.717) is 19.7 Å². The van der Waals surface area contributed by atoms with Crippen molar-refractivity contribution in [3.05, 3.63) is 30.3 Å². The molecular weight excluding hydrogens is 282 g/mol. The number of benzene rings is 1. The predicted molar refractivity (Wildman–Crippen MR) is 83.7 cm³/mol. The van der Waals surface area contributed by atoms with Crippen LogP contribution in [0, 0.1) is 5.92 Å². The van der Waals surface area contributed by atoms with Crippen molar-refractivity contribution in [1.29, 1.82) is 0 Å². The highest BCUT2D eigenvalue weighted by molar-refractivity contribution is 5.72. The van der Waals surface area contributed by atoms with Crippen LogP contribution in [0.3, 0.4) is 0 Å². The van der Waals surface area contributed by atoms with Gasteiger partial charge in [0.25, 0.3) is 0 Å². The van der Waals surface area contributed by atoms with Gasteiger partial charge in [0.05, 0.1) is 12.5 Å². The minimum absolute atomic E-state index is 0.0732. The second kappa shape index (κ2) is 8.76. The summed E-state index contributed by atoms with van der Waals surface area (Å²) in [6.07, 6.45) is 1.25. The molecule has 0 unspecified atom stereocenters. The second-order valence-corrected chi connectivity index (χ2v) is 5.63. The average Bonchev–Trinajstić information content (AvgIpc) is 2.54. The van der Waals surface area contributed by atoms with Crippen LogP contribution >= 0.6 is 0 Å². The summed E-state index contributed by atoms with van der Waals surface area (Å²) >= 11 is 0. The number of esters is 1. The smallest absolute Gasteiger partial charge is 0.310 e. The molecule has 2 atom stereocenters. The molecule has 1 fully saturated rings. The number of hydrogen-bond donors (Lipinski definition) is 1. The lowest BCUT2D eigenvalue weighted by Crippen LogP contribution is -2.44. The standard InChI is InChI=1S/C17H25NO4/c1-2-21-17(20)14-7-6-10-18(11-14)12-15(19)13-22-16-8-4-3-5-9-16/h3-5,8-9,14-15,19H,2,6-7,10-13H2,1H3/t14-,15-/m0/s1. The van der Waals surface area contributed by atoms with Crippen molar-refractivity contribution < 1.29 is 19.4 Å². The van der Waals surface area contributed by atoms with Crippen LogP contribution in [0.15, 0.2) is 30.3 Å². The lowest BCUT2D eigenvalue weighted by molar-refractivity contribution is -0.150. The van der Waals surface area contributed by atoms with Gasteiger partial charge in [0.15, 0.2) is 0 Å². The first kappa shape index (κ1) is 16.8. The lowest BCUT2D eigenvalue weighted by Gasteiger charge is -2.32. The maximum atomic E-state index is 11.8. The number of aliphatic hydroxyl groups is 1. The Hall–Kier alpha value is -1.59. The molecule has 1 aliphatic rings. The Bertz CT molecular complexity index is 451. The molecule has 0 spiro atoms. The van der Waals surface area contributed by atoms with Crippen LogP contribution in [0.1, 0.15) is 19.8 Å². The third-order valence-corrected chi connectivity index (χ3v) is 3.78. The van der Waals surface area contributed by atoms with Gasteiger partial charge in [0.2, 0.25) is 0 Å². The van der Waals surface area contributed by atoms with Gasteiger partial charge in [-0.1, -0.05) is 18.2 Å². The molecule has 5 nitrogen and oxygen atoms in total. The molecule has 0 amide bonds. The fraction of sp³-hybridized carbons (Fsp3) is 0.588. The molecule has 1 aromatic carbocycles. The highest BCUT2D eigenvalue weighted by atomic mass is 16.5. The topological polar surface area (TPSA) is 59.0 Å². The van der Waals surface area contributed by atoms with E-state index in [1.165, 1.54) is 0 Å². The fourth-order valence-electron chi connectivity index (χ4n) is 2.73. The highest BCUT2D eigenvalue weighted by Gasteiger charge is 2.27. The molecule has 0 saturated carbocycles. The number of ether oxygens (including phenoxy) is 2. The van der Waals surface area contributed by atoms with Crippen LogP contribution in [0.5, 0.6) is 5.75 Å².